The second-order valence-electron chi connectivity index (χ2n) is 6.04. The Morgan fingerprint density at radius 1 is 0.864 bits per heavy atom. The SMILES string of the molecule is CC(CCC(Cc1ccccc1)NC=O)Cc1ccccc1. The number of benzene rings is 2. The zero-order chi connectivity index (χ0) is 15.6. The third-order valence-corrected chi connectivity index (χ3v) is 4.06. The van der Waals surface area contributed by atoms with Crippen LogP contribution in [0.4, 0.5) is 0 Å². The molecule has 0 aromatic heterocycles. The van der Waals surface area contributed by atoms with Gasteiger partial charge in [-0.1, -0.05) is 67.6 Å². The van der Waals surface area contributed by atoms with E-state index in [9.17, 15) is 4.79 Å². The monoisotopic (exact) mass is 295 g/mol. The molecule has 0 saturated heterocycles. The number of nitrogens with one attached hydrogen (secondary N) is 1. The number of hydrogen-bond acceptors (Lipinski definition) is 1. The Hall–Kier alpha value is -2.09. The zero-order valence-corrected chi connectivity index (χ0v) is 13.2. The van der Waals surface area contributed by atoms with E-state index in [0.29, 0.717) is 5.92 Å². The highest BCUT2D eigenvalue weighted by molar-refractivity contribution is 5.46. The Morgan fingerprint density at radius 3 is 1.95 bits per heavy atom. The van der Waals surface area contributed by atoms with Crippen LogP contribution in [0.2, 0.25) is 0 Å². The van der Waals surface area contributed by atoms with E-state index < -0.39 is 0 Å². The molecule has 0 aliphatic heterocycles. The lowest BCUT2D eigenvalue weighted by molar-refractivity contribution is -0.110. The molecule has 22 heavy (non-hydrogen) atoms. The lowest BCUT2D eigenvalue weighted by Gasteiger charge is -2.19. The van der Waals surface area contributed by atoms with Gasteiger partial charge >= 0.3 is 0 Å². The molecule has 0 heterocycles. The third kappa shape index (κ3) is 5.72. The summed E-state index contributed by atoms with van der Waals surface area (Å²) in [6.45, 7) is 2.29. The van der Waals surface area contributed by atoms with Gasteiger partial charge in [-0.25, -0.2) is 0 Å². The summed E-state index contributed by atoms with van der Waals surface area (Å²) in [4.78, 5) is 10.8. The van der Waals surface area contributed by atoms with E-state index in [-0.39, 0.29) is 6.04 Å². The summed E-state index contributed by atoms with van der Waals surface area (Å²) >= 11 is 0. The van der Waals surface area contributed by atoms with Crippen LogP contribution in [0.5, 0.6) is 0 Å². The molecule has 2 heteroatoms. The van der Waals surface area contributed by atoms with Gasteiger partial charge in [-0.3, -0.25) is 4.79 Å². The first-order valence-electron chi connectivity index (χ1n) is 8.05. The maximum Gasteiger partial charge on any atom is 0.207 e. The maximum absolute atomic E-state index is 10.8. The van der Waals surface area contributed by atoms with Gasteiger partial charge in [0.15, 0.2) is 0 Å². The van der Waals surface area contributed by atoms with Crippen molar-refractivity contribution in [1.29, 1.82) is 0 Å². The van der Waals surface area contributed by atoms with Gasteiger partial charge in [0, 0.05) is 6.04 Å². The average molecular weight is 295 g/mol. The fourth-order valence-corrected chi connectivity index (χ4v) is 2.84. The number of rotatable bonds is 9. The van der Waals surface area contributed by atoms with Crippen molar-refractivity contribution in [3.05, 3.63) is 71.8 Å². The molecule has 0 aliphatic carbocycles. The molecule has 2 aromatic carbocycles. The topological polar surface area (TPSA) is 29.1 Å². The van der Waals surface area contributed by atoms with Crippen molar-refractivity contribution in [2.75, 3.05) is 0 Å². The van der Waals surface area contributed by atoms with Crippen LogP contribution in [-0.2, 0) is 17.6 Å². The molecular weight excluding hydrogens is 270 g/mol. The van der Waals surface area contributed by atoms with E-state index in [1.807, 2.05) is 18.2 Å². The zero-order valence-electron chi connectivity index (χ0n) is 13.2. The number of carbonyl (C=O) groups is 1. The van der Waals surface area contributed by atoms with Crippen molar-refractivity contribution < 1.29 is 4.79 Å². The molecule has 1 amide bonds. The number of amides is 1. The second-order valence-corrected chi connectivity index (χ2v) is 6.04. The van der Waals surface area contributed by atoms with Crippen LogP contribution in [0.3, 0.4) is 0 Å². The lowest BCUT2D eigenvalue weighted by atomic mass is 9.93. The smallest absolute Gasteiger partial charge is 0.207 e. The Bertz CT molecular complexity index is 538. The summed E-state index contributed by atoms with van der Waals surface area (Å²) in [7, 11) is 0. The van der Waals surface area contributed by atoms with Crippen molar-refractivity contribution in [3.8, 4) is 0 Å². The highest BCUT2D eigenvalue weighted by atomic mass is 16.1. The van der Waals surface area contributed by atoms with Gasteiger partial charge in [0.2, 0.25) is 6.41 Å². The molecule has 0 spiro atoms. The second kappa shape index (κ2) is 9.04. The van der Waals surface area contributed by atoms with Crippen LogP contribution in [0, 0.1) is 5.92 Å². The Balaban J connectivity index is 1.82. The molecule has 0 aliphatic rings. The van der Waals surface area contributed by atoms with E-state index in [1.54, 1.807) is 0 Å². The van der Waals surface area contributed by atoms with Crippen molar-refractivity contribution in [3.63, 3.8) is 0 Å². The van der Waals surface area contributed by atoms with Crippen LogP contribution < -0.4 is 5.32 Å². The van der Waals surface area contributed by atoms with Gasteiger partial charge in [-0.2, -0.15) is 0 Å². The quantitative estimate of drug-likeness (QED) is 0.696. The first-order chi connectivity index (χ1) is 10.8. The van der Waals surface area contributed by atoms with Crippen molar-refractivity contribution in [1.82, 2.24) is 5.32 Å². The minimum Gasteiger partial charge on any atom is -0.356 e. The predicted molar refractivity (Wildman–Crippen MR) is 91.7 cm³/mol. The van der Waals surface area contributed by atoms with Crippen LogP contribution in [0.1, 0.15) is 30.9 Å². The molecule has 2 aromatic rings. The van der Waals surface area contributed by atoms with Crippen molar-refractivity contribution in [2.24, 2.45) is 5.92 Å². The average Bonchev–Trinajstić information content (AvgIpc) is 2.55. The Labute approximate surface area is 133 Å². The molecule has 2 atom stereocenters. The van der Waals surface area contributed by atoms with Crippen molar-refractivity contribution >= 4 is 6.41 Å². The number of hydrogen-bond donors (Lipinski definition) is 1. The summed E-state index contributed by atoms with van der Waals surface area (Å²) in [6, 6.07) is 21.2. The summed E-state index contributed by atoms with van der Waals surface area (Å²) in [5, 5.41) is 2.97. The largest absolute Gasteiger partial charge is 0.356 e. The fourth-order valence-electron chi connectivity index (χ4n) is 2.84. The van der Waals surface area contributed by atoms with Crippen LogP contribution >= 0.6 is 0 Å². The van der Waals surface area contributed by atoms with E-state index in [0.717, 1.165) is 32.1 Å². The van der Waals surface area contributed by atoms with Gasteiger partial charge in [-0.15, -0.1) is 0 Å². The van der Waals surface area contributed by atoms with Crippen molar-refractivity contribution in [2.45, 2.75) is 38.6 Å². The first-order valence-corrected chi connectivity index (χ1v) is 8.05. The first kappa shape index (κ1) is 16.3. The van der Waals surface area contributed by atoms with Crippen LogP contribution in [0.25, 0.3) is 0 Å². The van der Waals surface area contributed by atoms with E-state index in [1.165, 1.54) is 11.1 Å². The molecule has 1 N–H and O–H groups in total. The van der Waals surface area contributed by atoms with Gasteiger partial charge in [0.25, 0.3) is 0 Å². The van der Waals surface area contributed by atoms with Crippen LogP contribution in [-0.4, -0.2) is 12.5 Å². The van der Waals surface area contributed by atoms with E-state index in [2.05, 4.69) is 54.7 Å². The summed E-state index contributed by atoms with van der Waals surface area (Å²) < 4.78 is 0. The molecular formula is C20H25NO. The normalized spacial score (nSPS) is 13.3. The Kier molecular flexibility index (Phi) is 6.69. The standard InChI is InChI=1S/C20H25NO/c1-17(14-18-8-4-2-5-9-18)12-13-20(21-16-22)15-19-10-6-3-7-11-19/h2-11,16-17,20H,12-15H2,1H3,(H,21,22). The van der Waals surface area contributed by atoms with E-state index in [4.69, 9.17) is 0 Å². The minimum absolute atomic E-state index is 0.220. The molecule has 2 rings (SSSR count). The molecule has 0 saturated carbocycles. The minimum atomic E-state index is 0.220. The highest BCUT2D eigenvalue weighted by Gasteiger charge is 2.11. The number of carbonyl (C=O) groups excluding carboxylic acids is 1. The van der Waals surface area contributed by atoms with Crippen LogP contribution in [0.15, 0.2) is 60.7 Å². The predicted octanol–water partition coefficient (Wildman–Crippen LogP) is 4.00. The molecule has 2 nitrogen and oxygen atoms in total. The molecule has 0 radical (unpaired) electrons. The Morgan fingerprint density at radius 2 is 1.41 bits per heavy atom. The third-order valence-electron chi connectivity index (χ3n) is 4.06. The molecule has 0 bridgehead atoms. The van der Waals surface area contributed by atoms with E-state index >= 15 is 0 Å². The fraction of sp³-hybridized carbons (Fsp3) is 0.350. The molecule has 0 fully saturated rings. The molecule has 116 valence electrons. The summed E-state index contributed by atoms with van der Waals surface area (Å²) in [6.07, 6.45) is 4.96. The highest BCUT2D eigenvalue weighted by Crippen LogP contribution is 2.16. The summed E-state index contributed by atoms with van der Waals surface area (Å²) in [5.41, 5.74) is 2.66. The molecule has 2 unspecified atom stereocenters. The van der Waals surface area contributed by atoms with Gasteiger partial charge in [-0.05, 0) is 42.7 Å². The summed E-state index contributed by atoms with van der Waals surface area (Å²) in [5.74, 6) is 0.620. The maximum atomic E-state index is 10.8. The lowest BCUT2D eigenvalue weighted by Crippen LogP contribution is -2.30. The van der Waals surface area contributed by atoms with Gasteiger partial charge in [0.05, 0.1) is 0 Å². The van der Waals surface area contributed by atoms with Gasteiger partial charge < -0.3 is 5.32 Å². The van der Waals surface area contributed by atoms with Gasteiger partial charge in [0.1, 0.15) is 0 Å².